The van der Waals surface area contributed by atoms with Gasteiger partial charge in [0.2, 0.25) is 11.8 Å². The van der Waals surface area contributed by atoms with E-state index in [1.54, 1.807) is 4.90 Å². The van der Waals surface area contributed by atoms with Crippen molar-refractivity contribution in [2.24, 2.45) is 11.3 Å². The fourth-order valence-corrected chi connectivity index (χ4v) is 6.32. The van der Waals surface area contributed by atoms with Crippen molar-refractivity contribution in [3.63, 3.8) is 0 Å². The summed E-state index contributed by atoms with van der Waals surface area (Å²) < 4.78 is 5.73. The molecule has 3 heterocycles. The van der Waals surface area contributed by atoms with Gasteiger partial charge in [-0.1, -0.05) is 38.8 Å². The van der Waals surface area contributed by atoms with Crippen LogP contribution in [0.3, 0.4) is 0 Å². The van der Waals surface area contributed by atoms with Gasteiger partial charge in [0.15, 0.2) is 0 Å². The highest BCUT2D eigenvalue weighted by Gasteiger charge is 2.40. The zero-order chi connectivity index (χ0) is 23.9. The number of nitrogens with one attached hydrogen (secondary N) is 2. The number of benzene rings is 1. The fourth-order valence-electron chi connectivity index (χ4n) is 6.32. The summed E-state index contributed by atoms with van der Waals surface area (Å²) in [5.41, 5.74) is 3.10. The summed E-state index contributed by atoms with van der Waals surface area (Å²) in [6, 6.07) is 6.62. The van der Waals surface area contributed by atoms with E-state index in [-0.39, 0.29) is 29.6 Å². The van der Waals surface area contributed by atoms with Gasteiger partial charge in [0.25, 0.3) is 5.91 Å². The van der Waals surface area contributed by atoms with Crippen LogP contribution in [0.1, 0.15) is 80.3 Å². The molecule has 0 radical (unpaired) electrons. The number of carbonyl (C=O) groups excluding carboxylic acids is 3. The van der Waals surface area contributed by atoms with Crippen molar-refractivity contribution in [1.82, 2.24) is 15.5 Å². The van der Waals surface area contributed by atoms with Crippen LogP contribution in [0.25, 0.3) is 0 Å². The maximum Gasteiger partial charge on any atom is 0.255 e. The summed E-state index contributed by atoms with van der Waals surface area (Å²) in [5.74, 6) is -0.138. The molecule has 7 nitrogen and oxygen atoms in total. The average molecular weight is 468 g/mol. The first-order valence-corrected chi connectivity index (χ1v) is 12.9. The van der Waals surface area contributed by atoms with E-state index in [4.69, 9.17) is 4.74 Å². The van der Waals surface area contributed by atoms with Crippen LogP contribution >= 0.6 is 0 Å². The Morgan fingerprint density at radius 2 is 1.94 bits per heavy atom. The number of fused-ring (bicyclic) bond motifs is 1. The molecule has 3 amide bonds. The summed E-state index contributed by atoms with van der Waals surface area (Å²) in [5, 5.41) is 6.40. The first-order chi connectivity index (χ1) is 16.3. The van der Waals surface area contributed by atoms with Crippen LogP contribution in [0, 0.1) is 11.3 Å². The molecule has 4 aliphatic rings. The highest BCUT2D eigenvalue weighted by molar-refractivity contribution is 6.05. The fraction of sp³-hybridized carbons (Fsp3) is 0.667. The molecule has 184 valence electrons. The highest BCUT2D eigenvalue weighted by atomic mass is 16.5. The second kappa shape index (κ2) is 9.42. The molecule has 0 bridgehead atoms. The molecule has 2 N–H and O–H groups in total. The Labute approximate surface area is 202 Å². The van der Waals surface area contributed by atoms with E-state index in [0.29, 0.717) is 36.5 Å². The van der Waals surface area contributed by atoms with Gasteiger partial charge in [-0.05, 0) is 55.2 Å². The molecule has 2 saturated heterocycles. The lowest BCUT2D eigenvalue weighted by Gasteiger charge is -2.43. The van der Waals surface area contributed by atoms with E-state index in [1.165, 1.54) is 31.2 Å². The van der Waals surface area contributed by atoms with E-state index in [0.717, 1.165) is 31.6 Å². The lowest BCUT2D eigenvalue weighted by Crippen LogP contribution is -2.54. The molecule has 3 unspecified atom stereocenters. The van der Waals surface area contributed by atoms with Crippen molar-refractivity contribution >= 4 is 17.7 Å². The number of hydrogen-bond donors (Lipinski definition) is 2. The molecule has 34 heavy (non-hydrogen) atoms. The van der Waals surface area contributed by atoms with Crippen LogP contribution in [-0.2, 0) is 27.3 Å². The summed E-state index contributed by atoms with van der Waals surface area (Å²) >= 11 is 0. The molecule has 1 aromatic carbocycles. The highest BCUT2D eigenvalue weighted by Crippen LogP contribution is 2.34. The number of ether oxygens (including phenoxy) is 1. The molecule has 1 aliphatic carbocycles. The van der Waals surface area contributed by atoms with Gasteiger partial charge in [0, 0.05) is 42.6 Å². The molecule has 0 aromatic heterocycles. The van der Waals surface area contributed by atoms with Crippen molar-refractivity contribution in [2.75, 3.05) is 13.2 Å². The average Bonchev–Trinajstić information content (AvgIpc) is 3.12. The maximum atomic E-state index is 13.0. The van der Waals surface area contributed by atoms with Crippen LogP contribution in [0.2, 0.25) is 0 Å². The molecule has 0 spiro atoms. The summed E-state index contributed by atoms with van der Waals surface area (Å²) in [7, 11) is 0. The molecule has 1 saturated carbocycles. The first kappa shape index (κ1) is 23.5. The Kier molecular flexibility index (Phi) is 6.51. The van der Waals surface area contributed by atoms with Crippen LogP contribution < -0.4 is 10.6 Å². The number of imide groups is 1. The van der Waals surface area contributed by atoms with Gasteiger partial charge in [0.05, 0.1) is 6.61 Å². The van der Waals surface area contributed by atoms with Gasteiger partial charge < -0.3 is 15.0 Å². The third-order valence-electron chi connectivity index (χ3n) is 8.38. The van der Waals surface area contributed by atoms with Crippen LogP contribution in [0.4, 0.5) is 0 Å². The minimum Gasteiger partial charge on any atom is -0.381 e. The molecular formula is C27H37N3O4. The summed E-state index contributed by atoms with van der Waals surface area (Å²) in [4.78, 5) is 38.5. The van der Waals surface area contributed by atoms with Crippen molar-refractivity contribution < 1.29 is 19.1 Å². The molecule has 1 aromatic rings. The minimum absolute atomic E-state index is 0.102. The second-order valence-electron chi connectivity index (χ2n) is 11.3. The topological polar surface area (TPSA) is 87.7 Å². The summed E-state index contributed by atoms with van der Waals surface area (Å²) in [6.45, 7) is 6.68. The van der Waals surface area contributed by atoms with E-state index >= 15 is 0 Å². The van der Waals surface area contributed by atoms with E-state index < -0.39 is 6.04 Å². The standard InChI is InChI=1S/C27H37N3O4/c1-27(2)16-34-12-11-23(27)28-21-6-4-3-5-18(21)13-17-7-8-20-19(14-17)15-30(26(20)33)22-9-10-24(31)29-25(22)32/h7-8,14,18,21-23,28H,3-6,9-13,15-16H2,1-2H3,(H,29,31,32)/t18-,21?,22?,23?/m1/s1. The van der Waals surface area contributed by atoms with Crippen LogP contribution in [0.15, 0.2) is 18.2 Å². The monoisotopic (exact) mass is 467 g/mol. The predicted octanol–water partition coefficient (Wildman–Crippen LogP) is 2.95. The Morgan fingerprint density at radius 3 is 2.74 bits per heavy atom. The molecule has 3 fully saturated rings. The Morgan fingerprint density at radius 1 is 1.12 bits per heavy atom. The van der Waals surface area contributed by atoms with E-state index in [1.807, 2.05) is 6.07 Å². The zero-order valence-electron chi connectivity index (χ0n) is 20.4. The lowest BCUT2D eigenvalue weighted by molar-refractivity contribution is -0.136. The normalized spacial score (nSPS) is 31.4. The molecule has 3 aliphatic heterocycles. The first-order valence-electron chi connectivity index (χ1n) is 12.9. The number of carbonyl (C=O) groups is 3. The Bertz CT molecular complexity index is 975. The number of rotatable bonds is 5. The smallest absolute Gasteiger partial charge is 0.255 e. The van der Waals surface area contributed by atoms with Gasteiger partial charge in [-0.2, -0.15) is 0 Å². The van der Waals surface area contributed by atoms with Gasteiger partial charge in [-0.3, -0.25) is 19.7 Å². The third-order valence-corrected chi connectivity index (χ3v) is 8.38. The van der Waals surface area contributed by atoms with Crippen molar-refractivity contribution in [3.8, 4) is 0 Å². The number of piperidine rings is 1. The number of nitrogens with zero attached hydrogens (tertiary/aromatic N) is 1. The van der Waals surface area contributed by atoms with Crippen LogP contribution in [0.5, 0.6) is 0 Å². The SMILES string of the molecule is CC1(C)COCCC1NC1CCCC[C@@H]1Cc1ccc2c(c1)CN(C1CCC(=O)NC1=O)C2=O. The Hall–Kier alpha value is -2.25. The summed E-state index contributed by atoms with van der Waals surface area (Å²) in [6.07, 6.45) is 7.72. The van der Waals surface area contributed by atoms with E-state index in [2.05, 4.69) is 36.6 Å². The third kappa shape index (κ3) is 4.65. The molecular weight excluding hydrogens is 430 g/mol. The molecule has 7 heteroatoms. The quantitative estimate of drug-likeness (QED) is 0.650. The largest absolute Gasteiger partial charge is 0.381 e. The zero-order valence-corrected chi connectivity index (χ0v) is 20.4. The number of amides is 3. The second-order valence-corrected chi connectivity index (χ2v) is 11.3. The predicted molar refractivity (Wildman–Crippen MR) is 128 cm³/mol. The maximum absolute atomic E-state index is 13.0. The van der Waals surface area contributed by atoms with Gasteiger partial charge in [0.1, 0.15) is 6.04 Å². The Balaban J connectivity index is 1.27. The minimum atomic E-state index is -0.559. The van der Waals surface area contributed by atoms with E-state index in [9.17, 15) is 14.4 Å². The van der Waals surface area contributed by atoms with Crippen molar-refractivity contribution in [1.29, 1.82) is 0 Å². The van der Waals surface area contributed by atoms with Gasteiger partial charge >= 0.3 is 0 Å². The van der Waals surface area contributed by atoms with Crippen LogP contribution in [-0.4, -0.2) is 54.0 Å². The van der Waals surface area contributed by atoms with Crippen molar-refractivity contribution in [3.05, 3.63) is 34.9 Å². The van der Waals surface area contributed by atoms with Gasteiger partial charge in [-0.15, -0.1) is 0 Å². The molecule has 4 atom stereocenters. The van der Waals surface area contributed by atoms with Crippen molar-refractivity contribution in [2.45, 2.75) is 89.9 Å². The lowest BCUT2D eigenvalue weighted by atomic mass is 9.77. The molecule has 5 rings (SSSR count). The van der Waals surface area contributed by atoms with Gasteiger partial charge in [-0.25, -0.2) is 0 Å². The number of hydrogen-bond acceptors (Lipinski definition) is 5.